The van der Waals surface area contributed by atoms with Crippen LogP contribution >= 0.6 is 39.1 Å². The minimum absolute atomic E-state index is 0.313. The van der Waals surface area contributed by atoms with Gasteiger partial charge in [-0.2, -0.15) is 0 Å². The number of carbonyl (C=O) groups is 1. The second-order valence-corrected chi connectivity index (χ2v) is 7.80. The number of nitrogens with zero attached hydrogens (tertiary/aromatic N) is 3. The molecule has 0 aliphatic heterocycles. The third kappa shape index (κ3) is 4.18. The number of rotatable bonds is 5. The molecular weight excluding hydrogens is 495 g/mol. The number of halogens is 3. The molecular formula is C19H13BrCl2N6O2. The Morgan fingerprint density at radius 3 is 2.60 bits per heavy atom. The van der Waals surface area contributed by atoms with Crippen LogP contribution in [0.25, 0.3) is 11.0 Å². The number of ether oxygens (including phenoxy) is 1. The topological polar surface area (TPSA) is 105 Å². The van der Waals surface area contributed by atoms with Crippen molar-refractivity contribution in [2.24, 2.45) is 0 Å². The molecule has 0 saturated heterocycles. The Hall–Kier alpha value is -2.88. The van der Waals surface area contributed by atoms with Gasteiger partial charge in [0, 0.05) is 29.1 Å². The number of hydrogen-bond donors (Lipinski definition) is 3. The minimum atomic E-state index is -0.374. The van der Waals surface area contributed by atoms with Crippen molar-refractivity contribution in [2.45, 2.75) is 0 Å². The van der Waals surface area contributed by atoms with E-state index in [9.17, 15) is 4.79 Å². The maximum Gasteiger partial charge on any atom is 0.260 e. The summed E-state index contributed by atoms with van der Waals surface area (Å²) in [6.07, 6.45) is 4.54. The largest absolute Gasteiger partial charge is 0.496 e. The summed E-state index contributed by atoms with van der Waals surface area (Å²) in [6, 6.07) is 6.78. The first-order valence-electron chi connectivity index (χ1n) is 8.51. The molecule has 0 atom stereocenters. The maximum atomic E-state index is 12.8. The second kappa shape index (κ2) is 8.47. The second-order valence-electron chi connectivity index (χ2n) is 6.07. The summed E-state index contributed by atoms with van der Waals surface area (Å²) in [5.74, 6) is 0.819. The van der Waals surface area contributed by atoms with Crippen LogP contribution < -0.4 is 15.4 Å². The van der Waals surface area contributed by atoms with E-state index in [4.69, 9.17) is 27.9 Å². The van der Waals surface area contributed by atoms with Crippen LogP contribution in [0.1, 0.15) is 10.4 Å². The lowest BCUT2D eigenvalue weighted by molar-refractivity contribution is 0.102. The van der Waals surface area contributed by atoms with Crippen molar-refractivity contribution in [2.75, 3.05) is 17.7 Å². The van der Waals surface area contributed by atoms with Gasteiger partial charge in [0.05, 0.1) is 39.4 Å². The zero-order valence-electron chi connectivity index (χ0n) is 15.3. The summed E-state index contributed by atoms with van der Waals surface area (Å²) < 4.78 is 6.20. The SMILES string of the molecule is COc1cc2[nH]c(Nc3c(Cl)cncc3Cl)nc2cc1C(=O)Nc1ccc(Br)cn1. The molecule has 0 aliphatic rings. The molecule has 0 radical (unpaired) electrons. The highest BCUT2D eigenvalue weighted by Gasteiger charge is 2.17. The van der Waals surface area contributed by atoms with Gasteiger partial charge in [-0.05, 0) is 34.1 Å². The molecule has 3 aromatic heterocycles. The van der Waals surface area contributed by atoms with Crippen molar-refractivity contribution >= 4 is 73.5 Å². The molecule has 0 spiro atoms. The predicted octanol–water partition coefficient (Wildman–Crippen LogP) is 5.43. The lowest BCUT2D eigenvalue weighted by atomic mass is 10.1. The van der Waals surface area contributed by atoms with E-state index < -0.39 is 0 Å². The normalized spacial score (nSPS) is 10.8. The smallest absolute Gasteiger partial charge is 0.260 e. The molecule has 0 fully saturated rings. The molecule has 4 rings (SSSR count). The van der Waals surface area contributed by atoms with Gasteiger partial charge in [-0.15, -0.1) is 0 Å². The predicted molar refractivity (Wildman–Crippen MR) is 120 cm³/mol. The van der Waals surface area contributed by atoms with E-state index >= 15 is 0 Å². The van der Waals surface area contributed by atoms with Crippen LogP contribution in [-0.2, 0) is 0 Å². The first-order chi connectivity index (χ1) is 14.4. The van der Waals surface area contributed by atoms with E-state index in [-0.39, 0.29) is 5.91 Å². The van der Waals surface area contributed by atoms with E-state index in [0.29, 0.717) is 49.8 Å². The molecule has 30 heavy (non-hydrogen) atoms. The third-order valence-electron chi connectivity index (χ3n) is 4.11. The standard InChI is InChI=1S/C19H13BrCl2N6O2/c1-30-15-5-14-13(4-10(15)18(29)27-16-3-2-9(20)6-24-16)25-19(26-14)28-17-11(21)7-23-8-12(17)22/h2-8H,1H3,(H,24,27,29)(H2,23,25,26,28). The molecule has 11 heteroatoms. The van der Waals surface area contributed by atoms with Crippen LogP contribution in [0.2, 0.25) is 10.0 Å². The first-order valence-corrected chi connectivity index (χ1v) is 10.1. The molecule has 3 N–H and O–H groups in total. The van der Waals surface area contributed by atoms with Gasteiger partial charge >= 0.3 is 0 Å². The fourth-order valence-electron chi connectivity index (χ4n) is 2.73. The number of fused-ring (bicyclic) bond motifs is 1. The minimum Gasteiger partial charge on any atom is -0.496 e. The Labute approximate surface area is 189 Å². The van der Waals surface area contributed by atoms with E-state index in [1.54, 1.807) is 30.5 Å². The Morgan fingerprint density at radius 1 is 1.17 bits per heavy atom. The molecule has 152 valence electrons. The van der Waals surface area contributed by atoms with Crippen molar-refractivity contribution in [1.29, 1.82) is 0 Å². The van der Waals surface area contributed by atoms with E-state index in [1.807, 2.05) is 0 Å². The lowest BCUT2D eigenvalue weighted by Gasteiger charge is -2.09. The summed E-state index contributed by atoms with van der Waals surface area (Å²) in [6.45, 7) is 0. The van der Waals surface area contributed by atoms with Crippen molar-refractivity contribution in [3.63, 3.8) is 0 Å². The van der Waals surface area contributed by atoms with Crippen LogP contribution in [0.15, 0.2) is 47.3 Å². The quantitative estimate of drug-likeness (QED) is 0.333. The summed E-state index contributed by atoms with van der Waals surface area (Å²) in [5.41, 5.74) is 1.99. The molecule has 1 amide bonds. The average Bonchev–Trinajstić information content (AvgIpc) is 3.13. The monoisotopic (exact) mass is 506 g/mol. The maximum absolute atomic E-state index is 12.8. The number of nitrogens with one attached hydrogen (secondary N) is 3. The zero-order chi connectivity index (χ0) is 21.3. The highest BCUT2D eigenvalue weighted by molar-refractivity contribution is 9.10. The molecule has 4 aromatic rings. The number of methoxy groups -OCH3 is 1. The van der Waals surface area contributed by atoms with Gasteiger partial charge in [0.1, 0.15) is 11.6 Å². The highest BCUT2D eigenvalue weighted by Crippen LogP contribution is 2.32. The highest BCUT2D eigenvalue weighted by atomic mass is 79.9. The molecule has 0 saturated carbocycles. The van der Waals surface area contributed by atoms with E-state index in [2.05, 4.69) is 46.5 Å². The summed E-state index contributed by atoms with van der Waals surface area (Å²) in [5, 5.41) is 6.47. The van der Waals surface area contributed by atoms with Gasteiger partial charge in [0.15, 0.2) is 0 Å². The Bertz CT molecular complexity index is 1230. The number of imidazole rings is 1. The van der Waals surface area contributed by atoms with Gasteiger partial charge in [-0.25, -0.2) is 9.97 Å². The fraction of sp³-hybridized carbons (Fsp3) is 0.0526. The van der Waals surface area contributed by atoms with Crippen LogP contribution in [0, 0.1) is 0 Å². The third-order valence-corrected chi connectivity index (χ3v) is 5.16. The summed E-state index contributed by atoms with van der Waals surface area (Å²) in [4.78, 5) is 28.4. The number of aromatic nitrogens is 4. The van der Waals surface area contributed by atoms with Gasteiger partial charge in [0.25, 0.3) is 5.91 Å². The molecule has 1 aromatic carbocycles. The number of pyridine rings is 2. The number of carbonyl (C=O) groups excluding carboxylic acids is 1. The lowest BCUT2D eigenvalue weighted by Crippen LogP contribution is -2.14. The Balaban J connectivity index is 1.66. The molecule has 8 nitrogen and oxygen atoms in total. The average molecular weight is 508 g/mol. The van der Waals surface area contributed by atoms with E-state index in [0.717, 1.165) is 4.47 Å². The number of amides is 1. The van der Waals surface area contributed by atoms with Gasteiger partial charge in [-0.1, -0.05) is 23.2 Å². The van der Waals surface area contributed by atoms with Gasteiger partial charge in [0.2, 0.25) is 5.95 Å². The van der Waals surface area contributed by atoms with Crippen molar-refractivity contribution in [3.05, 3.63) is 62.9 Å². The summed E-state index contributed by atoms with van der Waals surface area (Å²) in [7, 11) is 1.49. The number of H-pyrrole nitrogens is 1. The van der Waals surface area contributed by atoms with Crippen molar-refractivity contribution in [3.8, 4) is 5.75 Å². The number of benzene rings is 1. The van der Waals surface area contributed by atoms with Gasteiger partial charge in [-0.3, -0.25) is 9.78 Å². The van der Waals surface area contributed by atoms with Crippen molar-refractivity contribution in [1.82, 2.24) is 19.9 Å². The molecule has 3 heterocycles. The van der Waals surface area contributed by atoms with Crippen molar-refractivity contribution < 1.29 is 9.53 Å². The fourth-order valence-corrected chi connectivity index (χ4v) is 3.42. The Morgan fingerprint density at radius 2 is 1.93 bits per heavy atom. The number of anilines is 3. The van der Waals surface area contributed by atoms with Crippen LogP contribution in [0.5, 0.6) is 5.75 Å². The zero-order valence-corrected chi connectivity index (χ0v) is 18.4. The first kappa shape index (κ1) is 20.4. The molecule has 0 aliphatic carbocycles. The van der Waals surface area contributed by atoms with E-state index in [1.165, 1.54) is 19.5 Å². The molecule has 0 bridgehead atoms. The van der Waals surface area contributed by atoms with Crippen LogP contribution in [-0.4, -0.2) is 33.0 Å². The van der Waals surface area contributed by atoms with Crippen LogP contribution in [0.3, 0.4) is 0 Å². The number of hydrogen-bond acceptors (Lipinski definition) is 6. The van der Waals surface area contributed by atoms with Crippen LogP contribution in [0.4, 0.5) is 17.5 Å². The number of aromatic amines is 1. The Kier molecular flexibility index (Phi) is 5.76. The molecule has 0 unspecified atom stereocenters. The summed E-state index contributed by atoms with van der Waals surface area (Å²) >= 11 is 15.6. The van der Waals surface area contributed by atoms with Gasteiger partial charge < -0.3 is 20.4 Å².